The highest BCUT2D eigenvalue weighted by atomic mass is 16.7. The molecule has 0 aromatic heterocycles. The van der Waals surface area contributed by atoms with Crippen LogP contribution in [0.2, 0.25) is 0 Å². The Hall–Kier alpha value is -2.83. The van der Waals surface area contributed by atoms with Crippen LogP contribution in [-0.4, -0.2) is 40.7 Å². The van der Waals surface area contributed by atoms with Crippen LogP contribution in [0.15, 0.2) is 42.5 Å². The fraction of sp³-hybridized carbons (Fsp3) is 0.318. The van der Waals surface area contributed by atoms with Crippen molar-refractivity contribution >= 4 is 11.9 Å². The van der Waals surface area contributed by atoms with E-state index in [0.29, 0.717) is 22.8 Å². The minimum atomic E-state index is -0.113. The largest absolute Gasteiger partial charge is 0.496 e. The van der Waals surface area contributed by atoms with Gasteiger partial charge >= 0.3 is 0 Å². The van der Waals surface area contributed by atoms with Crippen LogP contribution in [0.5, 0.6) is 17.2 Å². The average Bonchev–Trinajstić information content (AvgIpc) is 2.74. The van der Waals surface area contributed by atoms with E-state index in [1.165, 1.54) is 6.08 Å². The SMILES string of the molecule is CCc1cc(C=CC(=O)c2ccc(OCOC)cc2)c(OC)cc1OCOC. The van der Waals surface area contributed by atoms with Gasteiger partial charge in [-0.3, -0.25) is 4.79 Å². The normalized spacial score (nSPS) is 10.9. The van der Waals surface area contributed by atoms with E-state index in [-0.39, 0.29) is 19.4 Å². The summed E-state index contributed by atoms with van der Waals surface area (Å²) in [6, 6.07) is 10.7. The molecule has 0 radical (unpaired) electrons. The molecule has 0 spiro atoms. The quantitative estimate of drug-likeness (QED) is 0.329. The molecule has 2 aromatic carbocycles. The second kappa shape index (κ2) is 11.1. The summed E-state index contributed by atoms with van der Waals surface area (Å²) in [5.74, 6) is 1.85. The molecule has 0 aliphatic heterocycles. The zero-order chi connectivity index (χ0) is 20.4. The van der Waals surface area contributed by atoms with Crippen molar-refractivity contribution in [3.63, 3.8) is 0 Å². The van der Waals surface area contributed by atoms with E-state index in [4.69, 9.17) is 23.7 Å². The van der Waals surface area contributed by atoms with E-state index in [2.05, 4.69) is 0 Å². The van der Waals surface area contributed by atoms with E-state index in [0.717, 1.165) is 17.5 Å². The first-order chi connectivity index (χ1) is 13.6. The van der Waals surface area contributed by atoms with Crippen LogP contribution < -0.4 is 14.2 Å². The first-order valence-corrected chi connectivity index (χ1v) is 8.89. The minimum Gasteiger partial charge on any atom is -0.496 e. The molecule has 0 N–H and O–H groups in total. The van der Waals surface area contributed by atoms with Crippen LogP contribution in [-0.2, 0) is 15.9 Å². The van der Waals surface area contributed by atoms with E-state index < -0.39 is 0 Å². The lowest BCUT2D eigenvalue weighted by Crippen LogP contribution is -2.03. The van der Waals surface area contributed by atoms with Crippen LogP contribution in [0, 0.1) is 0 Å². The number of rotatable bonds is 11. The summed E-state index contributed by atoms with van der Waals surface area (Å²) in [4.78, 5) is 12.5. The molecule has 0 unspecified atom stereocenters. The van der Waals surface area contributed by atoms with Crippen molar-refractivity contribution in [2.45, 2.75) is 13.3 Å². The molecule has 28 heavy (non-hydrogen) atoms. The van der Waals surface area contributed by atoms with Gasteiger partial charge in [0.05, 0.1) is 7.11 Å². The lowest BCUT2D eigenvalue weighted by Gasteiger charge is -2.13. The molecule has 0 aliphatic rings. The molecule has 2 aromatic rings. The molecule has 0 saturated carbocycles. The maximum Gasteiger partial charge on any atom is 0.188 e. The van der Waals surface area contributed by atoms with Gasteiger partial charge in [0, 0.05) is 31.4 Å². The number of carbonyl (C=O) groups is 1. The highest BCUT2D eigenvalue weighted by Crippen LogP contribution is 2.31. The topological polar surface area (TPSA) is 63.2 Å². The Balaban J connectivity index is 2.18. The zero-order valence-corrected chi connectivity index (χ0v) is 16.7. The number of carbonyl (C=O) groups excluding carboxylic acids is 1. The van der Waals surface area contributed by atoms with Crippen LogP contribution in [0.1, 0.15) is 28.4 Å². The Morgan fingerprint density at radius 1 is 0.929 bits per heavy atom. The van der Waals surface area contributed by atoms with Crippen LogP contribution >= 0.6 is 0 Å². The highest BCUT2D eigenvalue weighted by molar-refractivity contribution is 6.07. The second-order valence-corrected chi connectivity index (χ2v) is 5.88. The van der Waals surface area contributed by atoms with Crippen molar-refractivity contribution in [2.75, 3.05) is 34.9 Å². The van der Waals surface area contributed by atoms with Gasteiger partial charge in [-0.15, -0.1) is 0 Å². The third kappa shape index (κ3) is 5.84. The Kier molecular flexibility index (Phi) is 8.52. The second-order valence-electron chi connectivity index (χ2n) is 5.88. The third-order valence-electron chi connectivity index (χ3n) is 4.02. The van der Waals surface area contributed by atoms with Crippen molar-refractivity contribution in [3.8, 4) is 17.2 Å². The predicted molar refractivity (Wildman–Crippen MR) is 107 cm³/mol. The van der Waals surface area contributed by atoms with Crippen molar-refractivity contribution in [3.05, 3.63) is 59.2 Å². The lowest BCUT2D eigenvalue weighted by molar-refractivity contribution is 0.0503. The maximum absolute atomic E-state index is 12.5. The Labute approximate surface area is 165 Å². The first-order valence-electron chi connectivity index (χ1n) is 8.89. The molecule has 6 nitrogen and oxygen atoms in total. The van der Waals surface area contributed by atoms with Gasteiger partial charge in [-0.25, -0.2) is 0 Å². The molecule has 2 rings (SSSR count). The fourth-order valence-electron chi connectivity index (χ4n) is 2.57. The fourth-order valence-corrected chi connectivity index (χ4v) is 2.57. The van der Waals surface area contributed by atoms with Crippen molar-refractivity contribution in [1.82, 2.24) is 0 Å². The summed E-state index contributed by atoms with van der Waals surface area (Å²) in [5, 5.41) is 0. The minimum absolute atomic E-state index is 0.113. The maximum atomic E-state index is 12.5. The molecule has 0 atom stereocenters. The third-order valence-corrected chi connectivity index (χ3v) is 4.02. The van der Waals surface area contributed by atoms with Crippen LogP contribution in [0.3, 0.4) is 0 Å². The van der Waals surface area contributed by atoms with E-state index in [9.17, 15) is 4.79 Å². The summed E-state index contributed by atoms with van der Waals surface area (Å²) in [5.41, 5.74) is 2.37. The van der Waals surface area contributed by atoms with Gasteiger partial charge in [-0.1, -0.05) is 6.92 Å². The molecule has 6 heteroatoms. The number of benzene rings is 2. The van der Waals surface area contributed by atoms with Crippen molar-refractivity contribution in [1.29, 1.82) is 0 Å². The number of ketones is 1. The van der Waals surface area contributed by atoms with Gasteiger partial charge in [-0.05, 0) is 54.5 Å². The van der Waals surface area contributed by atoms with E-state index in [1.807, 2.05) is 19.1 Å². The summed E-state index contributed by atoms with van der Waals surface area (Å²) in [6.07, 6.45) is 4.05. The summed E-state index contributed by atoms with van der Waals surface area (Å²) < 4.78 is 26.2. The molecule has 0 heterocycles. The highest BCUT2D eigenvalue weighted by Gasteiger charge is 2.10. The zero-order valence-electron chi connectivity index (χ0n) is 16.7. The molecular weight excluding hydrogens is 360 g/mol. The number of hydrogen-bond donors (Lipinski definition) is 0. The molecule has 0 aliphatic carbocycles. The number of methoxy groups -OCH3 is 3. The average molecular weight is 386 g/mol. The van der Waals surface area contributed by atoms with E-state index in [1.54, 1.807) is 51.7 Å². The Morgan fingerprint density at radius 3 is 2.21 bits per heavy atom. The van der Waals surface area contributed by atoms with Gasteiger partial charge in [-0.2, -0.15) is 0 Å². The smallest absolute Gasteiger partial charge is 0.188 e. The number of aryl methyl sites for hydroxylation is 1. The molecule has 150 valence electrons. The van der Waals surface area contributed by atoms with Gasteiger partial charge in [0.15, 0.2) is 19.4 Å². The summed E-state index contributed by atoms with van der Waals surface area (Å²) in [7, 11) is 4.71. The molecule has 0 saturated heterocycles. The summed E-state index contributed by atoms with van der Waals surface area (Å²) in [6.45, 7) is 2.36. The first kappa shape index (κ1) is 21.5. The molecule has 0 amide bonds. The Bertz CT molecular complexity index is 795. The van der Waals surface area contributed by atoms with Crippen molar-refractivity contribution < 1.29 is 28.5 Å². The van der Waals surface area contributed by atoms with Gasteiger partial charge < -0.3 is 23.7 Å². The molecular formula is C22H26O6. The van der Waals surface area contributed by atoms with E-state index >= 15 is 0 Å². The van der Waals surface area contributed by atoms with Crippen LogP contribution in [0.4, 0.5) is 0 Å². The predicted octanol–water partition coefficient (Wildman–Crippen LogP) is 4.12. The Morgan fingerprint density at radius 2 is 1.61 bits per heavy atom. The summed E-state index contributed by atoms with van der Waals surface area (Å²) >= 11 is 0. The standard InChI is InChI=1S/C22H26O6/c1-5-16-12-18(21(26-4)13-22(16)28-15-25-3)8-11-20(23)17-6-9-19(10-7-17)27-14-24-2/h6-13H,5,14-15H2,1-4H3. The van der Waals surface area contributed by atoms with Crippen molar-refractivity contribution in [2.24, 2.45) is 0 Å². The number of hydrogen-bond acceptors (Lipinski definition) is 6. The number of ether oxygens (including phenoxy) is 5. The van der Waals surface area contributed by atoms with Gasteiger partial charge in [0.1, 0.15) is 17.2 Å². The lowest BCUT2D eigenvalue weighted by atomic mass is 10.0. The van der Waals surface area contributed by atoms with Gasteiger partial charge in [0.2, 0.25) is 0 Å². The van der Waals surface area contributed by atoms with Gasteiger partial charge in [0.25, 0.3) is 0 Å². The number of allylic oxidation sites excluding steroid dienone is 1. The molecule has 0 fully saturated rings. The van der Waals surface area contributed by atoms with Crippen LogP contribution in [0.25, 0.3) is 6.08 Å². The molecule has 0 bridgehead atoms. The monoisotopic (exact) mass is 386 g/mol.